The number of alkyl halides is 3. The normalized spacial score (nSPS) is 11.1. The number of halogens is 3. The summed E-state index contributed by atoms with van der Waals surface area (Å²) in [5, 5.41) is 6.92. The van der Waals surface area contributed by atoms with Crippen LogP contribution in [0.5, 0.6) is 0 Å². The Kier molecular flexibility index (Phi) is 5.46. The van der Waals surface area contributed by atoms with Crippen molar-refractivity contribution in [2.75, 3.05) is 10.6 Å². The second-order valence-electron chi connectivity index (χ2n) is 5.79. The topological polar surface area (TPSA) is 71.1 Å². The van der Waals surface area contributed by atoms with Gasteiger partial charge in [-0.05, 0) is 24.3 Å². The van der Waals surface area contributed by atoms with Crippen molar-refractivity contribution < 1.29 is 22.8 Å². The fourth-order valence-corrected chi connectivity index (χ4v) is 3.20. The lowest BCUT2D eigenvalue weighted by Gasteiger charge is -2.11. The molecule has 5 nitrogen and oxygen atoms in total. The van der Waals surface area contributed by atoms with E-state index < -0.39 is 23.2 Å². The van der Waals surface area contributed by atoms with Crippen LogP contribution in [0.15, 0.2) is 53.9 Å². The summed E-state index contributed by atoms with van der Waals surface area (Å²) in [7, 11) is 0. The van der Waals surface area contributed by atoms with Gasteiger partial charge in [-0.3, -0.25) is 14.9 Å². The highest BCUT2D eigenvalue weighted by Crippen LogP contribution is 2.32. The molecule has 0 radical (unpaired) electrons. The fraction of sp³-hybridized carbons (Fsp3) is 0.105. The smallest absolute Gasteiger partial charge is 0.326 e. The van der Waals surface area contributed by atoms with Crippen LogP contribution in [0, 0.1) is 0 Å². The number of hydrogen-bond donors (Lipinski definition) is 2. The summed E-state index contributed by atoms with van der Waals surface area (Å²) in [6, 6.07) is 11.5. The van der Waals surface area contributed by atoms with E-state index in [1.54, 1.807) is 29.6 Å². The second kappa shape index (κ2) is 7.81. The molecule has 28 heavy (non-hydrogen) atoms. The Bertz CT molecular complexity index is 1010. The van der Waals surface area contributed by atoms with Crippen LogP contribution in [-0.4, -0.2) is 16.8 Å². The fourth-order valence-electron chi connectivity index (χ4n) is 2.48. The zero-order valence-corrected chi connectivity index (χ0v) is 15.3. The van der Waals surface area contributed by atoms with Gasteiger partial charge in [0.25, 0.3) is 5.91 Å². The zero-order valence-electron chi connectivity index (χ0n) is 14.5. The van der Waals surface area contributed by atoms with Crippen molar-refractivity contribution in [3.05, 3.63) is 65.0 Å². The summed E-state index contributed by atoms with van der Waals surface area (Å²) >= 11 is 1.10. The van der Waals surface area contributed by atoms with Crippen LogP contribution in [0.3, 0.4) is 0 Å². The van der Waals surface area contributed by atoms with E-state index in [4.69, 9.17) is 0 Å². The first-order chi connectivity index (χ1) is 13.2. The third kappa shape index (κ3) is 4.55. The monoisotopic (exact) mass is 405 g/mol. The van der Waals surface area contributed by atoms with Gasteiger partial charge >= 0.3 is 6.18 Å². The molecule has 0 aliphatic carbocycles. The molecule has 0 fully saturated rings. The molecular weight excluding hydrogens is 391 g/mol. The van der Waals surface area contributed by atoms with Gasteiger partial charge < -0.3 is 5.32 Å². The quantitative estimate of drug-likeness (QED) is 0.639. The number of thiazole rings is 1. The highest BCUT2D eigenvalue weighted by atomic mass is 32.1. The maximum absolute atomic E-state index is 13.1. The summed E-state index contributed by atoms with van der Waals surface area (Å²) in [5.41, 5.74) is 0.452. The molecular formula is C19H14F3N3O2S. The molecule has 2 amide bonds. The summed E-state index contributed by atoms with van der Waals surface area (Å²) < 4.78 is 39.2. The molecule has 1 aromatic heterocycles. The SMILES string of the molecule is CC(=O)Nc1ccc(-c2csc(NC(=O)c3ccccc3C(F)(F)F)n2)cc1. The number of aromatic nitrogens is 1. The van der Waals surface area contributed by atoms with Crippen molar-refractivity contribution in [1.29, 1.82) is 0 Å². The molecule has 0 aliphatic heterocycles. The number of amides is 2. The number of hydrogen-bond acceptors (Lipinski definition) is 4. The van der Waals surface area contributed by atoms with Crippen molar-refractivity contribution >= 4 is 34.0 Å². The van der Waals surface area contributed by atoms with E-state index in [2.05, 4.69) is 15.6 Å². The van der Waals surface area contributed by atoms with Gasteiger partial charge in [0.2, 0.25) is 5.91 Å². The maximum atomic E-state index is 13.1. The molecule has 1 heterocycles. The van der Waals surface area contributed by atoms with E-state index in [1.165, 1.54) is 19.1 Å². The van der Waals surface area contributed by atoms with Gasteiger partial charge in [0.1, 0.15) is 0 Å². The molecule has 0 bridgehead atoms. The number of rotatable bonds is 4. The molecule has 2 aromatic carbocycles. The number of anilines is 2. The number of nitrogens with one attached hydrogen (secondary N) is 2. The van der Waals surface area contributed by atoms with Crippen molar-refractivity contribution in [3.8, 4) is 11.3 Å². The van der Waals surface area contributed by atoms with E-state index in [9.17, 15) is 22.8 Å². The highest BCUT2D eigenvalue weighted by Gasteiger charge is 2.34. The van der Waals surface area contributed by atoms with Gasteiger partial charge in [0.15, 0.2) is 5.13 Å². The van der Waals surface area contributed by atoms with Gasteiger partial charge in [-0.2, -0.15) is 13.2 Å². The summed E-state index contributed by atoms with van der Waals surface area (Å²) in [6.07, 6.45) is -4.63. The number of carbonyl (C=O) groups is 2. The number of nitrogens with zero attached hydrogens (tertiary/aromatic N) is 1. The average molecular weight is 405 g/mol. The zero-order chi connectivity index (χ0) is 20.3. The molecule has 0 spiro atoms. The van der Waals surface area contributed by atoms with Crippen LogP contribution in [0.4, 0.5) is 24.0 Å². The first-order valence-electron chi connectivity index (χ1n) is 8.05. The first kappa shape index (κ1) is 19.6. The molecule has 0 saturated carbocycles. The third-order valence-electron chi connectivity index (χ3n) is 3.70. The Hall–Kier alpha value is -3.20. The van der Waals surface area contributed by atoms with Crippen LogP contribution in [0.25, 0.3) is 11.3 Å². The van der Waals surface area contributed by atoms with E-state index >= 15 is 0 Å². The summed E-state index contributed by atoms with van der Waals surface area (Å²) in [6.45, 7) is 1.40. The Labute approximate surface area is 162 Å². The van der Waals surface area contributed by atoms with E-state index in [-0.39, 0.29) is 11.0 Å². The molecule has 0 unspecified atom stereocenters. The van der Waals surface area contributed by atoms with Gasteiger partial charge in [-0.15, -0.1) is 11.3 Å². The molecule has 3 aromatic rings. The van der Waals surface area contributed by atoms with Gasteiger partial charge in [-0.1, -0.05) is 24.3 Å². The van der Waals surface area contributed by atoms with Crippen LogP contribution in [-0.2, 0) is 11.0 Å². The van der Waals surface area contributed by atoms with Crippen LogP contribution < -0.4 is 10.6 Å². The largest absolute Gasteiger partial charge is 0.417 e. The molecule has 9 heteroatoms. The standard InChI is InChI=1S/C19H14F3N3O2S/c1-11(26)23-13-8-6-12(7-9-13)16-10-28-18(24-16)25-17(27)14-4-2-3-5-15(14)19(20,21)22/h2-10H,1H3,(H,23,26)(H,24,25,27). The Morgan fingerprint density at radius 3 is 2.32 bits per heavy atom. The van der Waals surface area contributed by atoms with E-state index in [0.717, 1.165) is 29.0 Å². The second-order valence-corrected chi connectivity index (χ2v) is 6.65. The minimum Gasteiger partial charge on any atom is -0.326 e. The third-order valence-corrected chi connectivity index (χ3v) is 4.46. The minimum absolute atomic E-state index is 0.183. The van der Waals surface area contributed by atoms with Crippen molar-refractivity contribution in [1.82, 2.24) is 4.98 Å². The Morgan fingerprint density at radius 1 is 1.00 bits per heavy atom. The highest BCUT2D eigenvalue weighted by molar-refractivity contribution is 7.14. The minimum atomic E-state index is -4.63. The lowest BCUT2D eigenvalue weighted by Crippen LogP contribution is -2.18. The van der Waals surface area contributed by atoms with Crippen molar-refractivity contribution in [2.24, 2.45) is 0 Å². The summed E-state index contributed by atoms with van der Waals surface area (Å²) in [5.74, 6) is -1.07. The molecule has 144 valence electrons. The van der Waals surface area contributed by atoms with Crippen molar-refractivity contribution in [2.45, 2.75) is 13.1 Å². The maximum Gasteiger partial charge on any atom is 0.417 e. The lowest BCUT2D eigenvalue weighted by molar-refractivity contribution is -0.137. The molecule has 0 aliphatic rings. The molecule has 0 saturated heterocycles. The van der Waals surface area contributed by atoms with Gasteiger partial charge in [-0.25, -0.2) is 4.98 Å². The summed E-state index contributed by atoms with van der Waals surface area (Å²) in [4.78, 5) is 27.6. The van der Waals surface area contributed by atoms with Crippen LogP contribution in [0.1, 0.15) is 22.8 Å². The lowest BCUT2D eigenvalue weighted by atomic mass is 10.1. The van der Waals surface area contributed by atoms with Crippen LogP contribution in [0.2, 0.25) is 0 Å². The van der Waals surface area contributed by atoms with Gasteiger partial charge in [0.05, 0.1) is 16.8 Å². The Balaban J connectivity index is 1.77. The van der Waals surface area contributed by atoms with E-state index in [1.807, 2.05) is 0 Å². The predicted molar refractivity (Wildman–Crippen MR) is 101 cm³/mol. The molecule has 3 rings (SSSR count). The Morgan fingerprint density at radius 2 is 1.68 bits per heavy atom. The number of carbonyl (C=O) groups excluding carboxylic acids is 2. The van der Waals surface area contributed by atoms with E-state index in [0.29, 0.717) is 11.4 Å². The average Bonchev–Trinajstić information content (AvgIpc) is 3.09. The van der Waals surface area contributed by atoms with Crippen molar-refractivity contribution in [3.63, 3.8) is 0 Å². The van der Waals surface area contributed by atoms with Gasteiger partial charge in [0, 0.05) is 23.6 Å². The van der Waals surface area contributed by atoms with Crippen LogP contribution >= 0.6 is 11.3 Å². The predicted octanol–water partition coefficient (Wildman–Crippen LogP) is 5.04. The molecule has 2 N–H and O–H groups in total. The molecule has 0 atom stereocenters. The first-order valence-corrected chi connectivity index (χ1v) is 8.93. The number of benzene rings is 2.